The molecule has 5 heterocycles. The number of amides is 2. The van der Waals surface area contributed by atoms with Crippen molar-refractivity contribution in [2.45, 2.75) is 103 Å². The van der Waals surface area contributed by atoms with Crippen LogP contribution in [0.3, 0.4) is 0 Å². The van der Waals surface area contributed by atoms with Gasteiger partial charge < -0.3 is 44.5 Å². The summed E-state index contributed by atoms with van der Waals surface area (Å²) in [5, 5.41) is 9.60. The lowest BCUT2D eigenvalue weighted by Crippen LogP contribution is -2.44. The van der Waals surface area contributed by atoms with Crippen molar-refractivity contribution in [1.29, 1.82) is 0 Å². The highest BCUT2D eigenvalue weighted by molar-refractivity contribution is 5.79. The number of hydrogen-bond donors (Lipinski definition) is 3. The molecule has 14 heteroatoms. The topological polar surface area (TPSA) is 149 Å². The highest BCUT2D eigenvalue weighted by Gasteiger charge is 2.23. The van der Waals surface area contributed by atoms with Gasteiger partial charge in [0, 0.05) is 79.8 Å². The number of rotatable bonds is 25. The minimum Gasteiger partial charge on any atom is -0.494 e. The Kier molecular flexibility index (Phi) is 19.6. The predicted molar refractivity (Wildman–Crippen MR) is 274 cm³/mol. The number of morpholine rings is 1. The summed E-state index contributed by atoms with van der Waals surface area (Å²) in [5.41, 5.74) is 5.19. The molecule has 2 atom stereocenters. The number of carbonyl (C=O) groups excluding carboxylic acids is 2. The second-order valence-electron chi connectivity index (χ2n) is 19.7. The average Bonchev–Trinajstić information content (AvgIpc) is 4.11. The van der Waals surface area contributed by atoms with Crippen LogP contribution in [0.15, 0.2) is 72.9 Å². The molecule has 3 N–H and O–H groups in total. The molecule has 0 radical (unpaired) electrons. The van der Waals surface area contributed by atoms with Gasteiger partial charge in [0.1, 0.15) is 23.9 Å². The van der Waals surface area contributed by atoms with Crippen LogP contribution in [0.1, 0.15) is 88.9 Å². The van der Waals surface area contributed by atoms with Crippen LogP contribution < -0.4 is 34.9 Å². The van der Waals surface area contributed by atoms with Gasteiger partial charge in [-0.15, -0.1) is 0 Å². The number of ether oxygens (including phenoxy) is 5. The number of benzene rings is 2. The Morgan fingerprint density at radius 2 is 1.53 bits per heavy atom. The van der Waals surface area contributed by atoms with E-state index in [1.54, 1.807) is 0 Å². The monoisotopic (exact) mass is 960 g/mol. The molecule has 2 aromatic heterocycles. The van der Waals surface area contributed by atoms with Crippen molar-refractivity contribution in [1.82, 2.24) is 35.7 Å². The third kappa shape index (κ3) is 15.9. The van der Waals surface area contributed by atoms with Gasteiger partial charge in [-0.05, 0) is 132 Å². The van der Waals surface area contributed by atoms with E-state index in [1.165, 1.54) is 32.1 Å². The normalized spacial score (nSPS) is 19.2. The first-order valence-corrected chi connectivity index (χ1v) is 26.3. The summed E-state index contributed by atoms with van der Waals surface area (Å²) in [4.78, 5) is 39.8. The van der Waals surface area contributed by atoms with Gasteiger partial charge in [0.25, 0.3) is 0 Å². The predicted octanol–water partition coefficient (Wildman–Crippen LogP) is 7.52. The number of hydrogen-bond acceptors (Lipinski definition) is 12. The fraction of sp³-hybridized carbons (Fsp3) is 0.571. The molecule has 8 rings (SSSR count). The van der Waals surface area contributed by atoms with Gasteiger partial charge in [-0.3, -0.25) is 19.5 Å². The van der Waals surface area contributed by atoms with E-state index in [9.17, 15) is 9.59 Å². The maximum Gasteiger partial charge on any atom is 0.226 e. The number of nitrogens with one attached hydrogen (secondary N) is 3. The van der Waals surface area contributed by atoms with E-state index in [0.29, 0.717) is 63.1 Å². The Labute approximate surface area is 415 Å². The molecular weight excluding hydrogens is 883 g/mol. The molecule has 378 valence electrons. The molecule has 2 aromatic carbocycles. The standard InChI is InChI=1S/C56H77N7O7/c1-3-66-49-19-21-51(44-12-15-45(59-37-44)34-54(64)58-26-6-10-41-8-4-5-9-41)53(36-49)69-33-30-63-29-32-68-50(39-63)24-31-67-48-17-13-43(14-18-48)52-20-16-46(35-55(65)60-38-47-11-7-25-57-47)61-56(52)70-40-42-22-27-62(2)28-23-42/h12-21,36-37,41-42,47,50,57H,3-11,22-35,38-40H2,1-2H3,(H,58,64)(H,60,65). The average molecular weight is 960 g/mol. The molecule has 3 aliphatic heterocycles. The van der Waals surface area contributed by atoms with Crippen LogP contribution in [0.2, 0.25) is 0 Å². The van der Waals surface area contributed by atoms with Crippen LogP contribution in [-0.2, 0) is 27.2 Å². The van der Waals surface area contributed by atoms with Gasteiger partial charge in [-0.1, -0.05) is 43.9 Å². The molecule has 1 saturated carbocycles. The maximum absolute atomic E-state index is 12.9. The smallest absolute Gasteiger partial charge is 0.226 e. The summed E-state index contributed by atoms with van der Waals surface area (Å²) >= 11 is 0. The van der Waals surface area contributed by atoms with Gasteiger partial charge in [-0.2, -0.15) is 0 Å². The molecular formula is C56H77N7O7. The van der Waals surface area contributed by atoms with Crippen molar-refractivity contribution in [3.63, 3.8) is 0 Å². The zero-order valence-corrected chi connectivity index (χ0v) is 41.8. The Morgan fingerprint density at radius 3 is 2.31 bits per heavy atom. The zero-order valence-electron chi connectivity index (χ0n) is 41.8. The van der Waals surface area contributed by atoms with Crippen LogP contribution in [0, 0.1) is 11.8 Å². The Hall–Kier alpha value is -5.28. The first-order chi connectivity index (χ1) is 34.3. The van der Waals surface area contributed by atoms with Crippen molar-refractivity contribution >= 4 is 11.8 Å². The quantitative estimate of drug-likeness (QED) is 0.0565. The van der Waals surface area contributed by atoms with E-state index in [0.717, 1.165) is 135 Å². The maximum atomic E-state index is 12.9. The molecule has 2 unspecified atom stereocenters. The second kappa shape index (κ2) is 26.8. The molecule has 4 aromatic rings. The number of aromatic nitrogens is 2. The van der Waals surface area contributed by atoms with E-state index >= 15 is 0 Å². The molecule has 14 nitrogen and oxygen atoms in total. The van der Waals surface area contributed by atoms with Gasteiger partial charge in [0.2, 0.25) is 17.7 Å². The first-order valence-electron chi connectivity index (χ1n) is 26.3. The van der Waals surface area contributed by atoms with Crippen molar-refractivity contribution in [3.05, 3.63) is 84.3 Å². The lowest BCUT2D eigenvalue weighted by atomic mass is 9.98. The molecule has 1 aliphatic carbocycles. The summed E-state index contributed by atoms with van der Waals surface area (Å²) in [6.07, 6.45) is 15.2. The van der Waals surface area contributed by atoms with Gasteiger partial charge in [-0.25, -0.2) is 4.98 Å². The fourth-order valence-electron chi connectivity index (χ4n) is 10.2. The van der Waals surface area contributed by atoms with Crippen molar-refractivity contribution in [3.8, 4) is 45.4 Å². The van der Waals surface area contributed by atoms with Gasteiger partial charge in [0.05, 0.1) is 51.1 Å². The third-order valence-corrected chi connectivity index (χ3v) is 14.4. The highest BCUT2D eigenvalue weighted by atomic mass is 16.5. The highest BCUT2D eigenvalue weighted by Crippen LogP contribution is 2.35. The molecule has 4 fully saturated rings. The number of likely N-dealkylation sites (tertiary alicyclic amines) is 1. The number of piperidine rings is 1. The van der Waals surface area contributed by atoms with Crippen LogP contribution >= 0.6 is 0 Å². The van der Waals surface area contributed by atoms with E-state index < -0.39 is 0 Å². The van der Waals surface area contributed by atoms with Crippen molar-refractivity contribution in [2.75, 3.05) is 92.4 Å². The summed E-state index contributed by atoms with van der Waals surface area (Å²) in [6, 6.07) is 22.3. The lowest BCUT2D eigenvalue weighted by Gasteiger charge is -2.32. The summed E-state index contributed by atoms with van der Waals surface area (Å²) in [6.45, 7) is 11.7. The molecule has 3 saturated heterocycles. The van der Waals surface area contributed by atoms with Crippen LogP contribution in [0.5, 0.6) is 23.1 Å². The van der Waals surface area contributed by atoms with Crippen molar-refractivity contribution in [2.24, 2.45) is 11.8 Å². The minimum atomic E-state index is -0.0263. The van der Waals surface area contributed by atoms with Crippen LogP contribution in [0.4, 0.5) is 0 Å². The number of nitrogens with zero attached hydrogens (tertiary/aromatic N) is 4. The minimum absolute atomic E-state index is 0.0161. The second-order valence-corrected chi connectivity index (χ2v) is 19.7. The van der Waals surface area contributed by atoms with Gasteiger partial charge >= 0.3 is 0 Å². The van der Waals surface area contributed by atoms with E-state index in [2.05, 4.69) is 49.9 Å². The third-order valence-electron chi connectivity index (χ3n) is 14.4. The molecule has 70 heavy (non-hydrogen) atoms. The SMILES string of the molecule is CCOc1ccc(-c2ccc(CC(=O)NCCCC3CCCC3)nc2)c(OCCN2CCOC(CCOc3ccc(-c4ccc(CC(=O)NCC5CCCN5)nc4OCC4CCN(C)CC4)cc3)C2)c1. The van der Waals surface area contributed by atoms with E-state index in [4.69, 9.17) is 28.7 Å². The summed E-state index contributed by atoms with van der Waals surface area (Å²) in [5.74, 6) is 4.15. The summed E-state index contributed by atoms with van der Waals surface area (Å²) < 4.78 is 31.2. The van der Waals surface area contributed by atoms with Crippen molar-refractivity contribution < 1.29 is 33.3 Å². The van der Waals surface area contributed by atoms with Gasteiger partial charge in [0.15, 0.2) is 0 Å². The largest absolute Gasteiger partial charge is 0.494 e. The Morgan fingerprint density at radius 1 is 0.757 bits per heavy atom. The molecule has 2 amide bonds. The molecule has 4 aliphatic rings. The number of pyridine rings is 2. The Bertz CT molecular complexity index is 2220. The first kappa shape index (κ1) is 51.1. The fourth-order valence-corrected chi connectivity index (χ4v) is 10.2. The van der Waals surface area contributed by atoms with E-state index in [-0.39, 0.29) is 30.8 Å². The molecule has 0 bridgehead atoms. The van der Waals surface area contributed by atoms with Crippen LogP contribution in [-0.4, -0.2) is 136 Å². The number of carbonyl (C=O) groups is 2. The lowest BCUT2D eigenvalue weighted by molar-refractivity contribution is -0.121. The summed E-state index contributed by atoms with van der Waals surface area (Å²) in [7, 11) is 2.17. The van der Waals surface area contributed by atoms with E-state index in [1.807, 2.05) is 67.7 Å². The van der Waals surface area contributed by atoms with Crippen LogP contribution in [0.25, 0.3) is 22.3 Å². The molecule has 0 spiro atoms. The Balaban J connectivity index is 0.794. The zero-order chi connectivity index (χ0) is 48.3.